The number of carbonyl (C=O) groups excluding carboxylic acids is 3. The molecule has 150 valence electrons. The van der Waals surface area contributed by atoms with Gasteiger partial charge >= 0.3 is 17.8 Å². The number of nitrogens with zero attached hydrogens (tertiary/aromatic N) is 1. The second-order valence-electron chi connectivity index (χ2n) is 5.96. The van der Waals surface area contributed by atoms with Gasteiger partial charge in [-0.25, -0.2) is 10.2 Å². The largest absolute Gasteiger partial charge is 0.423 e. The fraction of sp³-hybridized carbons (Fsp3) is 0. The zero-order valence-corrected chi connectivity index (χ0v) is 16.3. The van der Waals surface area contributed by atoms with Crippen LogP contribution in [0.4, 0.5) is 5.69 Å². The molecule has 0 aliphatic carbocycles. The minimum absolute atomic E-state index is 0.315. The second kappa shape index (κ2) is 9.99. The number of hydrazone groups is 1. The number of hydrogen-bond donors (Lipinski definition) is 2. The van der Waals surface area contributed by atoms with Crippen molar-refractivity contribution in [2.24, 2.45) is 5.10 Å². The highest BCUT2D eigenvalue weighted by Gasteiger charge is 2.14. The minimum atomic E-state index is -0.945. The van der Waals surface area contributed by atoms with E-state index < -0.39 is 17.8 Å². The molecule has 0 spiro atoms. The van der Waals surface area contributed by atoms with E-state index in [0.717, 1.165) is 0 Å². The Bertz CT molecular complexity index is 1080. The highest BCUT2D eigenvalue weighted by molar-refractivity contribution is 6.41. The van der Waals surface area contributed by atoms with Gasteiger partial charge in [0.1, 0.15) is 5.75 Å². The number of anilines is 1. The van der Waals surface area contributed by atoms with Crippen molar-refractivity contribution in [1.82, 2.24) is 5.43 Å². The van der Waals surface area contributed by atoms with Crippen LogP contribution in [0.1, 0.15) is 15.9 Å². The Morgan fingerprint density at radius 3 is 2.20 bits per heavy atom. The lowest BCUT2D eigenvalue weighted by molar-refractivity contribution is -0.136. The number of ether oxygens (including phenoxy) is 1. The number of para-hydroxylation sites is 1. The van der Waals surface area contributed by atoms with Crippen molar-refractivity contribution in [3.8, 4) is 5.75 Å². The molecule has 0 unspecified atom stereocenters. The van der Waals surface area contributed by atoms with Gasteiger partial charge in [0.15, 0.2) is 0 Å². The van der Waals surface area contributed by atoms with Crippen LogP contribution in [0, 0.1) is 0 Å². The van der Waals surface area contributed by atoms with Crippen molar-refractivity contribution in [2.75, 3.05) is 5.32 Å². The third-order valence-electron chi connectivity index (χ3n) is 3.81. The molecule has 0 aliphatic rings. The molecule has 0 saturated carbocycles. The van der Waals surface area contributed by atoms with Crippen LogP contribution < -0.4 is 15.5 Å². The predicted octanol–water partition coefficient (Wildman–Crippen LogP) is 3.65. The molecule has 7 nitrogen and oxygen atoms in total. The summed E-state index contributed by atoms with van der Waals surface area (Å²) in [7, 11) is 0. The summed E-state index contributed by atoms with van der Waals surface area (Å²) in [4.78, 5) is 35.7. The van der Waals surface area contributed by atoms with Crippen LogP contribution in [0.5, 0.6) is 5.75 Å². The van der Waals surface area contributed by atoms with Crippen LogP contribution in [0.15, 0.2) is 84.0 Å². The van der Waals surface area contributed by atoms with E-state index in [-0.39, 0.29) is 0 Å². The monoisotopic (exact) mass is 421 g/mol. The SMILES string of the molecule is O=C(NN=Cc1ccc(OC(=O)c2ccccc2)cc1)C(=O)Nc1ccccc1Cl. The zero-order valence-electron chi connectivity index (χ0n) is 15.5. The standard InChI is InChI=1S/C22H16ClN3O4/c23-18-8-4-5-9-19(18)25-20(27)21(28)26-24-14-15-10-12-17(13-11-15)30-22(29)16-6-2-1-3-7-16/h1-14H,(H,25,27)(H,26,28). The first-order valence-corrected chi connectivity index (χ1v) is 9.17. The van der Waals surface area contributed by atoms with Gasteiger partial charge in [0, 0.05) is 0 Å². The minimum Gasteiger partial charge on any atom is -0.423 e. The molecule has 3 aromatic carbocycles. The molecule has 0 radical (unpaired) electrons. The third-order valence-corrected chi connectivity index (χ3v) is 4.14. The summed E-state index contributed by atoms with van der Waals surface area (Å²) >= 11 is 5.93. The maximum atomic E-state index is 12.0. The van der Waals surface area contributed by atoms with E-state index in [2.05, 4.69) is 15.8 Å². The van der Waals surface area contributed by atoms with E-state index in [1.807, 2.05) is 6.07 Å². The van der Waals surface area contributed by atoms with Crippen molar-refractivity contribution in [3.63, 3.8) is 0 Å². The summed E-state index contributed by atoms with van der Waals surface area (Å²) < 4.78 is 5.28. The normalized spacial score (nSPS) is 10.4. The van der Waals surface area contributed by atoms with Crippen molar-refractivity contribution in [3.05, 3.63) is 95.0 Å². The molecule has 8 heteroatoms. The summed E-state index contributed by atoms with van der Waals surface area (Å²) in [6.45, 7) is 0. The van der Waals surface area contributed by atoms with Gasteiger partial charge < -0.3 is 10.1 Å². The van der Waals surface area contributed by atoms with Crippen molar-refractivity contribution < 1.29 is 19.1 Å². The van der Waals surface area contributed by atoms with E-state index in [9.17, 15) is 14.4 Å². The van der Waals surface area contributed by atoms with Gasteiger partial charge in [0.25, 0.3) is 0 Å². The smallest absolute Gasteiger partial charge is 0.343 e. The second-order valence-corrected chi connectivity index (χ2v) is 6.36. The molecule has 3 aromatic rings. The summed E-state index contributed by atoms with van der Waals surface area (Å²) in [6.07, 6.45) is 1.35. The first kappa shape index (κ1) is 20.8. The lowest BCUT2D eigenvalue weighted by Gasteiger charge is -2.05. The number of halogens is 1. The predicted molar refractivity (Wildman–Crippen MR) is 114 cm³/mol. The maximum Gasteiger partial charge on any atom is 0.343 e. The molecule has 0 saturated heterocycles. The molecular weight excluding hydrogens is 406 g/mol. The topological polar surface area (TPSA) is 96.9 Å². The average Bonchev–Trinajstić information content (AvgIpc) is 2.77. The number of benzene rings is 3. The van der Waals surface area contributed by atoms with Crippen molar-refractivity contribution >= 4 is 41.3 Å². The van der Waals surface area contributed by atoms with Crippen molar-refractivity contribution in [1.29, 1.82) is 0 Å². The van der Waals surface area contributed by atoms with E-state index >= 15 is 0 Å². The average molecular weight is 422 g/mol. The Hall–Kier alpha value is -3.97. The molecule has 0 fully saturated rings. The summed E-state index contributed by atoms with van der Waals surface area (Å²) in [5.74, 6) is -1.94. The number of rotatable bonds is 5. The molecule has 2 N–H and O–H groups in total. The van der Waals surface area contributed by atoms with Crippen LogP contribution in [-0.4, -0.2) is 24.0 Å². The van der Waals surface area contributed by atoms with Gasteiger partial charge in [-0.1, -0.05) is 41.9 Å². The molecule has 0 bridgehead atoms. The molecular formula is C22H16ClN3O4. The van der Waals surface area contributed by atoms with Crippen molar-refractivity contribution in [2.45, 2.75) is 0 Å². The number of amides is 2. The van der Waals surface area contributed by atoms with Gasteiger partial charge in [0.2, 0.25) is 0 Å². The van der Waals surface area contributed by atoms with E-state index in [1.54, 1.807) is 72.8 Å². The van der Waals surface area contributed by atoms with Gasteiger partial charge in [-0.05, 0) is 54.1 Å². The number of hydrogen-bond acceptors (Lipinski definition) is 5. The summed E-state index contributed by atoms with van der Waals surface area (Å²) in [6, 6.07) is 21.7. The summed E-state index contributed by atoms with van der Waals surface area (Å²) in [5.41, 5.74) is 3.52. The third kappa shape index (κ3) is 5.76. The zero-order chi connectivity index (χ0) is 21.3. The number of nitrogens with one attached hydrogen (secondary N) is 2. The number of carbonyl (C=O) groups is 3. The Kier molecular flexibility index (Phi) is 6.91. The van der Waals surface area contributed by atoms with Gasteiger partial charge in [-0.2, -0.15) is 5.10 Å². The quantitative estimate of drug-likeness (QED) is 0.216. The fourth-order valence-electron chi connectivity index (χ4n) is 2.32. The molecule has 30 heavy (non-hydrogen) atoms. The maximum absolute atomic E-state index is 12.0. The number of esters is 1. The van der Waals surface area contributed by atoms with Crippen LogP contribution in [0.3, 0.4) is 0 Å². The molecule has 0 heterocycles. The van der Waals surface area contributed by atoms with E-state index in [1.165, 1.54) is 6.21 Å². The van der Waals surface area contributed by atoms with E-state index in [4.69, 9.17) is 16.3 Å². The Morgan fingerprint density at radius 2 is 1.50 bits per heavy atom. The summed E-state index contributed by atoms with van der Waals surface area (Å²) in [5, 5.41) is 6.45. The lowest BCUT2D eigenvalue weighted by atomic mass is 10.2. The highest BCUT2D eigenvalue weighted by atomic mass is 35.5. The molecule has 0 atom stereocenters. The first-order valence-electron chi connectivity index (χ1n) is 8.79. The Balaban J connectivity index is 1.51. The first-order chi connectivity index (χ1) is 14.5. The van der Waals surface area contributed by atoms with Gasteiger partial charge in [-0.15, -0.1) is 0 Å². The van der Waals surface area contributed by atoms with Crippen LogP contribution in [0.25, 0.3) is 0 Å². The van der Waals surface area contributed by atoms with Crippen LogP contribution >= 0.6 is 11.6 Å². The Labute approximate surface area is 177 Å². The van der Waals surface area contributed by atoms with E-state index in [0.29, 0.717) is 27.6 Å². The molecule has 0 aromatic heterocycles. The van der Waals surface area contributed by atoms with Gasteiger partial charge in [0.05, 0.1) is 22.5 Å². The lowest BCUT2D eigenvalue weighted by Crippen LogP contribution is -2.32. The molecule has 3 rings (SSSR count). The molecule has 0 aliphatic heterocycles. The van der Waals surface area contributed by atoms with Gasteiger partial charge in [-0.3, -0.25) is 9.59 Å². The van der Waals surface area contributed by atoms with Crippen LogP contribution in [0.2, 0.25) is 5.02 Å². The Morgan fingerprint density at radius 1 is 0.833 bits per heavy atom. The molecule has 2 amide bonds. The highest BCUT2D eigenvalue weighted by Crippen LogP contribution is 2.20. The van der Waals surface area contributed by atoms with Crippen LogP contribution in [-0.2, 0) is 9.59 Å². The fourth-order valence-corrected chi connectivity index (χ4v) is 2.50.